The van der Waals surface area contributed by atoms with Gasteiger partial charge in [-0.15, -0.1) is 0 Å². The first-order valence-corrected chi connectivity index (χ1v) is 6.31. The summed E-state index contributed by atoms with van der Waals surface area (Å²) in [5, 5.41) is 12.7. The molecule has 1 aromatic carbocycles. The van der Waals surface area contributed by atoms with Gasteiger partial charge < -0.3 is 16.2 Å². The van der Waals surface area contributed by atoms with E-state index in [9.17, 15) is 9.90 Å². The monoisotopic (exact) mass is 248 g/mol. The Balaban J connectivity index is 2.20. The van der Waals surface area contributed by atoms with Gasteiger partial charge >= 0.3 is 0 Å². The van der Waals surface area contributed by atoms with Crippen molar-refractivity contribution in [2.45, 2.75) is 33.1 Å². The van der Waals surface area contributed by atoms with Crippen LogP contribution in [0.25, 0.3) is 0 Å². The summed E-state index contributed by atoms with van der Waals surface area (Å²) in [6.07, 6.45) is 2.77. The van der Waals surface area contributed by atoms with E-state index in [0.29, 0.717) is 17.8 Å². The fourth-order valence-electron chi connectivity index (χ4n) is 2.35. The number of phenolic OH excluding ortho intramolecular Hbond substituents is 1. The van der Waals surface area contributed by atoms with E-state index in [2.05, 4.69) is 5.32 Å². The number of benzene rings is 1. The molecule has 0 atom stereocenters. The minimum absolute atomic E-state index is 0.0254. The van der Waals surface area contributed by atoms with Crippen molar-refractivity contribution in [2.24, 2.45) is 11.1 Å². The van der Waals surface area contributed by atoms with Crippen molar-refractivity contribution < 1.29 is 9.90 Å². The van der Waals surface area contributed by atoms with Gasteiger partial charge in [0.1, 0.15) is 5.75 Å². The first-order valence-electron chi connectivity index (χ1n) is 6.31. The van der Waals surface area contributed by atoms with E-state index >= 15 is 0 Å². The van der Waals surface area contributed by atoms with Gasteiger partial charge in [0.05, 0.1) is 5.41 Å². The van der Waals surface area contributed by atoms with E-state index in [0.717, 1.165) is 24.8 Å². The highest BCUT2D eigenvalue weighted by molar-refractivity contribution is 5.97. The SMILES string of the molecule is Cc1ccc(NC(=O)C2(CN)CCC2)c(C)c1O. The second-order valence-corrected chi connectivity index (χ2v) is 5.20. The topological polar surface area (TPSA) is 75.4 Å². The number of hydrogen-bond acceptors (Lipinski definition) is 3. The normalized spacial score (nSPS) is 17.1. The molecule has 0 saturated heterocycles. The molecule has 1 aliphatic carbocycles. The number of rotatable bonds is 3. The number of carbonyl (C=O) groups excluding carboxylic acids is 1. The second-order valence-electron chi connectivity index (χ2n) is 5.20. The third-order valence-corrected chi connectivity index (χ3v) is 4.06. The summed E-state index contributed by atoms with van der Waals surface area (Å²) in [7, 11) is 0. The highest BCUT2D eigenvalue weighted by Crippen LogP contribution is 2.41. The lowest BCUT2D eigenvalue weighted by atomic mass is 9.68. The Bertz CT molecular complexity index is 473. The number of aromatic hydroxyl groups is 1. The Morgan fingerprint density at radius 3 is 2.61 bits per heavy atom. The summed E-state index contributed by atoms with van der Waals surface area (Å²) in [4.78, 5) is 12.2. The smallest absolute Gasteiger partial charge is 0.231 e. The average Bonchev–Trinajstić information content (AvgIpc) is 2.29. The van der Waals surface area contributed by atoms with Crippen LogP contribution in [0.4, 0.5) is 5.69 Å². The van der Waals surface area contributed by atoms with E-state index in [1.807, 2.05) is 13.0 Å². The molecule has 4 N–H and O–H groups in total. The summed E-state index contributed by atoms with van der Waals surface area (Å²) in [6.45, 7) is 4.02. The number of nitrogens with one attached hydrogen (secondary N) is 1. The molecule has 0 aliphatic heterocycles. The lowest BCUT2D eigenvalue weighted by Crippen LogP contribution is -2.47. The summed E-state index contributed by atoms with van der Waals surface area (Å²) < 4.78 is 0. The minimum Gasteiger partial charge on any atom is -0.507 e. The third kappa shape index (κ3) is 1.97. The lowest BCUT2D eigenvalue weighted by molar-refractivity contribution is -0.129. The van der Waals surface area contributed by atoms with Gasteiger partial charge in [-0.05, 0) is 38.3 Å². The molecule has 4 heteroatoms. The Kier molecular flexibility index (Phi) is 3.30. The maximum absolute atomic E-state index is 12.2. The summed E-state index contributed by atoms with van der Waals surface area (Å²) in [5.41, 5.74) is 7.49. The molecule has 4 nitrogen and oxygen atoms in total. The zero-order valence-corrected chi connectivity index (χ0v) is 10.9. The van der Waals surface area contributed by atoms with Crippen molar-refractivity contribution in [1.29, 1.82) is 0 Å². The zero-order valence-electron chi connectivity index (χ0n) is 10.9. The molecule has 0 aromatic heterocycles. The van der Waals surface area contributed by atoms with Gasteiger partial charge in [0.15, 0.2) is 0 Å². The Morgan fingerprint density at radius 1 is 1.44 bits per heavy atom. The maximum Gasteiger partial charge on any atom is 0.231 e. The van der Waals surface area contributed by atoms with Crippen LogP contribution < -0.4 is 11.1 Å². The molecule has 98 valence electrons. The average molecular weight is 248 g/mol. The van der Waals surface area contributed by atoms with Crippen molar-refractivity contribution in [2.75, 3.05) is 11.9 Å². The number of amides is 1. The lowest BCUT2D eigenvalue weighted by Gasteiger charge is -2.39. The van der Waals surface area contributed by atoms with E-state index in [1.54, 1.807) is 13.0 Å². The van der Waals surface area contributed by atoms with Crippen LogP contribution >= 0.6 is 0 Å². The van der Waals surface area contributed by atoms with Crippen LogP contribution in [0.5, 0.6) is 5.75 Å². The number of carbonyl (C=O) groups is 1. The van der Waals surface area contributed by atoms with Crippen molar-refractivity contribution in [3.8, 4) is 5.75 Å². The number of hydrogen-bond donors (Lipinski definition) is 3. The van der Waals surface area contributed by atoms with Crippen molar-refractivity contribution >= 4 is 11.6 Å². The quantitative estimate of drug-likeness (QED) is 0.766. The predicted octanol–water partition coefficient (Wildman–Crippen LogP) is 2.08. The molecule has 0 spiro atoms. The largest absolute Gasteiger partial charge is 0.507 e. The van der Waals surface area contributed by atoms with Crippen LogP contribution in [-0.2, 0) is 4.79 Å². The van der Waals surface area contributed by atoms with E-state index < -0.39 is 5.41 Å². The molecule has 1 aromatic rings. The fraction of sp³-hybridized carbons (Fsp3) is 0.500. The molecule has 0 heterocycles. The molecule has 18 heavy (non-hydrogen) atoms. The van der Waals surface area contributed by atoms with Crippen LogP contribution in [-0.4, -0.2) is 17.6 Å². The van der Waals surface area contributed by atoms with Crippen molar-refractivity contribution in [3.63, 3.8) is 0 Å². The van der Waals surface area contributed by atoms with Crippen LogP contribution in [0, 0.1) is 19.3 Å². The maximum atomic E-state index is 12.2. The molecule has 1 saturated carbocycles. The van der Waals surface area contributed by atoms with E-state index in [4.69, 9.17) is 5.73 Å². The Morgan fingerprint density at radius 2 is 2.11 bits per heavy atom. The summed E-state index contributed by atoms with van der Waals surface area (Å²) in [6, 6.07) is 3.62. The molecule has 0 bridgehead atoms. The second kappa shape index (κ2) is 4.61. The molecule has 0 radical (unpaired) electrons. The van der Waals surface area contributed by atoms with Gasteiger partial charge in [-0.3, -0.25) is 4.79 Å². The van der Waals surface area contributed by atoms with Crippen LogP contribution in [0.2, 0.25) is 0 Å². The van der Waals surface area contributed by atoms with Crippen LogP contribution in [0.3, 0.4) is 0 Å². The third-order valence-electron chi connectivity index (χ3n) is 4.06. The van der Waals surface area contributed by atoms with Crippen LogP contribution in [0.15, 0.2) is 12.1 Å². The Labute approximate surface area is 107 Å². The first kappa shape index (κ1) is 12.9. The predicted molar refractivity (Wildman–Crippen MR) is 71.5 cm³/mol. The molecule has 0 unspecified atom stereocenters. The molecular formula is C14H20N2O2. The van der Waals surface area contributed by atoms with Gasteiger partial charge in [0, 0.05) is 17.8 Å². The molecule has 1 amide bonds. The highest BCUT2D eigenvalue weighted by Gasteiger charge is 2.42. The van der Waals surface area contributed by atoms with Crippen molar-refractivity contribution in [1.82, 2.24) is 0 Å². The van der Waals surface area contributed by atoms with Gasteiger partial charge in [-0.25, -0.2) is 0 Å². The number of aryl methyl sites for hydroxylation is 1. The molecule has 2 rings (SSSR count). The summed E-state index contributed by atoms with van der Waals surface area (Å²) in [5.74, 6) is 0.214. The summed E-state index contributed by atoms with van der Waals surface area (Å²) >= 11 is 0. The molecule has 1 aliphatic rings. The van der Waals surface area contributed by atoms with Crippen LogP contribution in [0.1, 0.15) is 30.4 Å². The molecule has 1 fully saturated rings. The van der Waals surface area contributed by atoms with Crippen molar-refractivity contribution in [3.05, 3.63) is 23.3 Å². The number of anilines is 1. The highest BCUT2D eigenvalue weighted by atomic mass is 16.3. The van der Waals surface area contributed by atoms with Gasteiger partial charge in [0.2, 0.25) is 5.91 Å². The zero-order chi connectivity index (χ0) is 13.3. The van der Waals surface area contributed by atoms with Gasteiger partial charge in [-0.1, -0.05) is 12.5 Å². The minimum atomic E-state index is -0.396. The van der Waals surface area contributed by atoms with E-state index in [1.165, 1.54) is 0 Å². The standard InChI is InChI=1S/C14H20N2O2/c1-9-4-5-11(10(2)12(9)17)16-13(18)14(8-15)6-3-7-14/h4-5,17H,3,6-8,15H2,1-2H3,(H,16,18). The van der Waals surface area contributed by atoms with Gasteiger partial charge in [0.25, 0.3) is 0 Å². The molecular weight excluding hydrogens is 228 g/mol. The van der Waals surface area contributed by atoms with Gasteiger partial charge in [-0.2, -0.15) is 0 Å². The number of nitrogens with two attached hydrogens (primary N) is 1. The van der Waals surface area contributed by atoms with E-state index in [-0.39, 0.29) is 11.7 Å². The first-order chi connectivity index (χ1) is 8.50. The Hall–Kier alpha value is -1.55. The number of phenols is 1. The fourth-order valence-corrected chi connectivity index (χ4v) is 2.35.